The number of carbonyl (C=O) groups is 3. The number of carboxylic acids is 2. The number of carbonyl (C=O) groups excluding carboxylic acids is 1. The second-order valence-electron chi connectivity index (χ2n) is 13.5. The summed E-state index contributed by atoms with van der Waals surface area (Å²) in [4.78, 5) is 36.5. The van der Waals surface area contributed by atoms with Crippen LogP contribution in [0.1, 0.15) is 69.0 Å². The lowest BCUT2D eigenvalue weighted by Gasteiger charge is -2.43. The predicted octanol–water partition coefficient (Wildman–Crippen LogP) is 6.12. The summed E-state index contributed by atoms with van der Waals surface area (Å²) < 4.78 is 92.3. The van der Waals surface area contributed by atoms with Crippen molar-refractivity contribution in [3.8, 4) is 0 Å². The maximum atomic E-state index is 13.4. The van der Waals surface area contributed by atoms with Gasteiger partial charge in [-0.15, -0.1) is 0 Å². The maximum Gasteiger partial charge on any atom is 0.490 e. The molecule has 2 aromatic carbocycles. The molecule has 3 fully saturated rings. The van der Waals surface area contributed by atoms with Crippen molar-refractivity contribution in [3.05, 3.63) is 88.5 Å². The van der Waals surface area contributed by atoms with E-state index in [1.54, 1.807) is 41.2 Å². The first kappa shape index (κ1) is 38.7. The van der Waals surface area contributed by atoms with Crippen molar-refractivity contribution in [2.75, 3.05) is 32.8 Å². The topological polar surface area (TPSA) is 134 Å². The van der Waals surface area contributed by atoms with Crippen LogP contribution in [-0.2, 0) is 22.7 Å². The number of hydrogen-bond donors (Lipinski definition) is 3. The Labute approximate surface area is 293 Å². The lowest BCUT2D eigenvalue weighted by Crippen LogP contribution is -2.58. The Morgan fingerprint density at radius 3 is 2.17 bits per heavy atom. The molecular formula is C35H37F7N4O6. The Morgan fingerprint density at radius 1 is 0.962 bits per heavy atom. The zero-order chi connectivity index (χ0) is 37.8. The van der Waals surface area contributed by atoms with Gasteiger partial charge in [0.1, 0.15) is 5.82 Å². The zero-order valence-corrected chi connectivity index (χ0v) is 27.7. The average Bonchev–Trinajstić information content (AvgIpc) is 3.70. The number of rotatable bonds is 9. The van der Waals surface area contributed by atoms with E-state index in [9.17, 15) is 45.4 Å². The van der Waals surface area contributed by atoms with Gasteiger partial charge < -0.3 is 25.2 Å². The van der Waals surface area contributed by atoms with Crippen LogP contribution in [0.4, 0.5) is 30.7 Å². The van der Waals surface area contributed by atoms with Crippen molar-refractivity contribution in [2.45, 2.75) is 57.1 Å². The standard InChI is InChI=1S/C33H36F4N4O4.C2HF3O2/c34-27-10-4-21(5-11-27)13-41-14-24(12-39-41)30(42)40-15-26(32(20-40)18-38-19-32)17-45-16-23-2-1-3-28(29(23)31(43)44)22-6-8-25(9-7-22)33(35,36)37;3-2(4,5)1(6)7/h1-5,10-12,14,22,25-26,38H,6-9,13,15-20H2,(H,43,44);(H,6,7)/t22?,25?,26-;/m0./s1. The number of halogens is 7. The van der Waals surface area contributed by atoms with Crippen LogP contribution in [0.2, 0.25) is 0 Å². The summed E-state index contributed by atoms with van der Waals surface area (Å²) in [6.07, 6.45) is -5.50. The van der Waals surface area contributed by atoms with Gasteiger partial charge in [0.05, 0.1) is 43.0 Å². The van der Waals surface area contributed by atoms with E-state index in [4.69, 9.17) is 14.6 Å². The minimum atomic E-state index is -5.08. The molecule has 1 amide bonds. The summed E-state index contributed by atoms with van der Waals surface area (Å²) in [7, 11) is 0. The van der Waals surface area contributed by atoms with Gasteiger partial charge in [-0.3, -0.25) is 9.48 Å². The van der Waals surface area contributed by atoms with Crippen molar-refractivity contribution in [1.29, 1.82) is 0 Å². The van der Waals surface area contributed by atoms with Crippen LogP contribution in [0.15, 0.2) is 54.9 Å². The summed E-state index contributed by atoms with van der Waals surface area (Å²) in [6, 6.07) is 11.3. The molecule has 0 radical (unpaired) electrons. The van der Waals surface area contributed by atoms with Gasteiger partial charge >= 0.3 is 24.3 Å². The van der Waals surface area contributed by atoms with E-state index in [2.05, 4.69) is 10.4 Å². The van der Waals surface area contributed by atoms with Crippen LogP contribution in [-0.4, -0.2) is 87.9 Å². The van der Waals surface area contributed by atoms with E-state index >= 15 is 0 Å². The molecule has 3 heterocycles. The molecule has 1 saturated carbocycles. The van der Waals surface area contributed by atoms with Gasteiger partial charge in [0.25, 0.3) is 5.91 Å². The van der Waals surface area contributed by atoms with Gasteiger partial charge in [-0.25, -0.2) is 14.0 Å². The van der Waals surface area contributed by atoms with Crippen molar-refractivity contribution >= 4 is 17.8 Å². The fourth-order valence-corrected chi connectivity index (χ4v) is 7.17. The van der Waals surface area contributed by atoms with Gasteiger partial charge in [-0.2, -0.15) is 31.4 Å². The Bertz CT molecular complexity index is 1730. The van der Waals surface area contributed by atoms with E-state index in [-0.39, 0.29) is 54.0 Å². The zero-order valence-electron chi connectivity index (χ0n) is 27.7. The molecule has 17 heteroatoms. The SMILES string of the molecule is O=C(O)C(F)(F)F.O=C(O)c1c(COC[C@@H]2CN(C(=O)c3cnn(Cc4ccc(F)cc4)c3)CC23CNC3)cccc1C1CCC(C(F)(F)F)CC1. The van der Waals surface area contributed by atoms with Gasteiger partial charge in [-0.05, 0) is 60.4 Å². The second kappa shape index (κ2) is 15.6. The van der Waals surface area contributed by atoms with Crippen molar-refractivity contribution in [1.82, 2.24) is 20.0 Å². The largest absolute Gasteiger partial charge is 0.490 e. The summed E-state index contributed by atoms with van der Waals surface area (Å²) in [5, 5.41) is 24.8. The first-order valence-corrected chi connectivity index (χ1v) is 16.5. The molecule has 1 spiro atoms. The second-order valence-corrected chi connectivity index (χ2v) is 13.5. The predicted molar refractivity (Wildman–Crippen MR) is 170 cm³/mol. The number of nitrogens with one attached hydrogen (secondary N) is 1. The van der Waals surface area contributed by atoms with Crippen LogP contribution in [0.3, 0.4) is 0 Å². The van der Waals surface area contributed by atoms with E-state index < -0.39 is 30.2 Å². The average molecular weight is 743 g/mol. The molecule has 3 aromatic rings. The van der Waals surface area contributed by atoms with Gasteiger partial charge in [0.15, 0.2) is 0 Å². The number of ether oxygens (including phenoxy) is 1. The smallest absolute Gasteiger partial charge is 0.478 e. The number of likely N-dealkylation sites (tertiary alicyclic amines) is 1. The molecule has 0 unspecified atom stereocenters. The fourth-order valence-electron chi connectivity index (χ4n) is 7.17. The number of carboxylic acid groups (broad SMARTS) is 2. The Balaban J connectivity index is 0.000000679. The summed E-state index contributed by atoms with van der Waals surface area (Å²) in [5.74, 6) is -5.86. The Kier molecular flexibility index (Phi) is 11.6. The number of amides is 1. The van der Waals surface area contributed by atoms with E-state index in [1.807, 2.05) is 4.90 Å². The number of aromatic carboxylic acids is 1. The van der Waals surface area contributed by atoms with Crippen LogP contribution in [0.25, 0.3) is 0 Å². The third-order valence-corrected chi connectivity index (χ3v) is 10.0. The molecule has 6 rings (SSSR count). The van der Waals surface area contributed by atoms with Crippen molar-refractivity contribution in [3.63, 3.8) is 0 Å². The first-order chi connectivity index (χ1) is 24.5. The van der Waals surface area contributed by atoms with Gasteiger partial charge in [0, 0.05) is 43.7 Å². The van der Waals surface area contributed by atoms with Crippen molar-refractivity contribution in [2.24, 2.45) is 17.3 Å². The lowest BCUT2D eigenvalue weighted by atomic mass is 9.73. The van der Waals surface area contributed by atoms with Crippen LogP contribution < -0.4 is 5.32 Å². The van der Waals surface area contributed by atoms with Crippen molar-refractivity contribution < 1.29 is 60.1 Å². The maximum absolute atomic E-state index is 13.4. The van der Waals surface area contributed by atoms with E-state index in [1.165, 1.54) is 18.3 Å². The number of hydrogen-bond acceptors (Lipinski definition) is 6. The highest BCUT2D eigenvalue weighted by Gasteiger charge is 2.52. The Morgan fingerprint density at radius 2 is 1.62 bits per heavy atom. The highest BCUT2D eigenvalue weighted by atomic mass is 19.4. The fraction of sp³-hybridized carbons (Fsp3) is 0.486. The van der Waals surface area contributed by atoms with Gasteiger partial charge in [-0.1, -0.05) is 30.3 Å². The lowest BCUT2D eigenvalue weighted by molar-refractivity contribution is -0.192. The van der Waals surface area contributed by atoms with E-state index in [0.717, 1.165) is 18.7 Å². The molecule has 52 heavy (non-hydrogen) atoms. The summed E-state index contributed by atoms with van der Waals surface area (Å²) >= 11 is 0. The molecule has 10 nitrogen and oxygen atoms in total. The molecule has 1 aliphatic carbocycles. The van der Waals surface area contributed by atoms with Crippen LogP contribution >= 0.6 is 0 Å². The molecule has 3 aliphatic rings. The molecule has 0 bridgehead atoms. The molecule has 2 aliphatic heterocycles. The summed E-state index contributed by atoms with van der Waals surface area (Å²) in [5.41, 5.74) is 2.37. The number of alkyl halides is 6. The number of aliphatic carboxylic acids is 1. The minimum Gasteiger partial charge on any atom is -0.478 e. The third kappa shape index (κ3) is 9.10. The number of aromatic nitrogens is 2. The number of nitrogens with zero attached hydrogens (tertiary/aromatic N) is 3. The van der Waals surface area contributed by atoms with Crippen LogP contribution in [0, 0.1) is 23.1 Å². The number of benzene rings is 2. The first-order valence-electron chi connectivity index (χ1n) is 16.5. The molecule has 3 N–H and O–H groups in total. The Hall–Kier alpha value is -4.51. The molecule has 2 saturated heterocycles. The van der Waals surface area contributed by atoms with Gasteiger partial charge in [0.2, 0.25) is 0 Å². The highest BCUT2D eigenvalue weighted by molar-refractivity contribution is 5.94. The molecule has 282 valence electrons. The quantitative estimate of drug-likeness (QED) is 0.224. The molecule has 1 atom stereocenters. The van der Waals surface area contributed by atoms with E-state index in [0.29, 0.717) is 55.8 Å². The molecular weight excluding hydrogens is 705 g/mol. The third-order valence-electron chi connectivity index (χ3n) is 10.0. The molecule has 1 aromatic heterocycles. The highest BCUT2D eigenvalue weighted by Crippen LogP contribution is 2.44. The normalized spacial score (nSPS) is 21.3. The van der Waals surface area contributed by atoms with Crippen LogP contribution in [0.5, 0.6) is 0 Å². The summed E-state index contributed by atoms with van der Waals surface area (Å²) in [6.45, 7) is 3.32. The minimum absolute atomic E-state index is 0.00396. The monoisotopic (exact) mass is 742 g/mol.